The molecule has 1 amide bonds. The van der Waals surface area contributed by atoms with Gasteiger partial charge in [0, 0.05) is 6.07 Å². The van der Waals surface area contributed by atoms with Crippen molar-refractivity contribution in [3.63, 3.8) is 0 Å². The van der Waals surface area contributed by atoms with Gasteiger partial charge >= 0.3 is 5.69 Å². The van der Waals surface area contributed by atoms with Gasteiger partial charge in [0.2, 0.25) is 0 Å². The Hall–Kier alpha value is -4.40. The minimum Gasteiger partial charge on any atom is -0.490 e. The van der Waals surface area contributed by atoms with Gasteiger partial charge < -0.3 is 14.2 Å². The minimum absolute atomic E-state index is 0.0159. The average molecular weight is 463 g/mol. The van der Waals surface area contributed by atoms with Crippen LogP contribution in [0.2, 0.25) is 0 Å². The molecule has 0 aromatic heterocycles. The van der Waals surface area contributed by atoms with Gasteiger partial charge in [0.25, 0.3) is 5.91 Å². The summed E-state index contributed by atoms with van der Waals surface area (Å²) in [5, 5.41) is 15.1. The number of carbonyl (C=O) groups excluding carboxylic acids is 1. The fourth-order valence-corrected chi connectivity index (χ4v) is 2.97. The number of amides is 1. The summed E-state index contributed by atoms with van der Waals surface area (Å²) in [4.78, 5) is 22.6. The van der Waals surface area contributed by atoms with E-state index in [0.29, 0.717) is 30.3 Å². The zero-order valence-electron chi connectivity index (χ0n) is 18.9. The monoisotopic (exact) mass is 463 g/mol. The number of nitro groups is 1. The molecule has 34 heavy (non-hydrogen) atoms. The molecule has 9 heteroatoms. The van der Waals surface area contributed by atoms with Crippen LogP contribution in [0, 0.1) is 17.0 Å². The standard InChI is InChI=1S/C25H25N3O6/c1-3-32-24-14-20(10-12-23(24)33-16-19-7-5-4-6-8-19)15-26-27-25(29)17-34-22-11-9-18(2)13-21(22)28(30)31/h4-15H,3,16-17H2,1-2H3,(H,27,29). The highest BCUT2D eigenvalue weighted by Crippen LogP contribution is 2.29. The van der Waals surface area contributed by atoms with Crippen molar-refractivity contribution in [1.29, 1.82) is 0 Å². The van der Waals surface area contributed by atoms with Crippen LogP contribution in [-0.4, -0.2) is 30.3 Å². The summed E-state index contributed by atoms with van der Waals surface area (Å²) in [6, 6.07) is 19.6. The van der Waals surface area contributed by atoms with Gasteiger partial charge in [-0.3, -0.25) is 14.9 Å². The number of nitrogens with one attached hydrogen (secondary N) is 1. The molecule has 9 nitrogen and oxygen atoms in total. The molecule has 0 aliphatic rings. The molecule has 0 fully saturated rings. The molecule has 0 aliphatic heterocycles. The van der Waals surface area contributed by atoms with Crippen LogP contribution in [0.4, 0.5) is 5.69 Å². The van der Waals surface area contributed by atoms with E-state index in [2.05, 4.69) is 10.5 Å². The lowest BCUT2D eigenvalue weighted by Gasteiger charge is -2.12. The molecule has 0 heterocycles. The van der Waals surface area contributed by atoms with Gasteiger partial charge in [0.15, 0.2) is 23.9 Å². The Morgan fingerprint density at radius 2 is 1.76 bits per heavy atom. The highest BCUT2D eigenvalue weighted by molar-refractivity contribution is 5.83. The zero-order valence-corrected chi connectivity index (χ0v) is 18.9. The van der Waals surface area contributed by atoms with E-state index < -0.39 is 17.4 Å². The lowest BCUT2D eigenvalue weighted by Crippen LogP contribution is -2.24. The summed E-state index contributed by atoms with van der Waals surface area (Å²) < 4.78 is 16.8. The van der Waals surface area contributed by atoms with Crippen LogP contribution in [-0.2, 0) is 11.4 Å². The van der Waals surface area contributed by atoms with Crippen LogP contribution >= 0.6 is 0 Å². The van der Waals surface area contributed by atoms with E-state index in [1.165, 1.54) is 18.3 Å². The van der Waals surface area contributed by atoms with Crippen molar-refractivity contribution in [1.82, 2.24) is 5.43 Å². The van der Waals surface area contributed by atoms with Gasteiger partial charge in [-0.15, -0.1) is 0 Å². The van der Waals surface area contributed by atoms with Crippen LogP contribution in [0.1, 0.15) is 23.6 Å². The molecule has 3 aromatic rings. The fraction of sp³-hybridized carbons (Fsp3) is 0.200. The van der Waals surface area contributed by atoms with E-state index in [4.69, 9.17) is 14.2 Å². The Labute approximate surface area is 197 Å². The Morgan fingerprint density at radius 3 is 2.50 bits per heavy atom. The first-order chi connectivity index (χ1) is 16.5. The molecule has 0 saturated carbocycles. The number of hydrogen-bond donors (Lipinski definition) is 1. The number of hydrazone groups is 1. The van der Waals surface area contributed by atoms with Crippen LogP contribution < -0.4 is 19.6 Å². The second-order valence-corrected chi connectivity index (χ2v) is 7.22. The summed E-state index contributed by atoms with van der Waals surface area (Å²) in [6.07, 6.45) is 1.45. The van der Waals surface area contributed by atoms with Gasteiger partial charge in [0.05, 0.1) is 17.7 Å². The highest BCUT2D eigenvalue weighted by atomic mass is 16.6. The Kier molecular flexibility index (Phi) is 8.56. The third kappa shape index (κ3) is 7.06. The zero-order chi connectivity index (χ0) is 24.3. The van der Waals surface area contributed by atoms with E-state index in [9.17, 15) is 14.9 Å². The summed E-state index contributed by atoms with van der Waals surface area (Å²) >= 11 is 0. The number of benzene rings is 3. The summed E-state index contributed by atoms with van der Waals surface area (Å²) in [6.45, 7) is 4.06. The quantitative estimate of drug-likeness (QED) is 0.256. The molecule has 0 saturated heterocycles. The van der Waals surface area contributed by atoms with E-state index in [0.717, 1.165) is 11.1 Å². The van der Waals surface area contributed by atoms with Crippen molar-refractivity contribution < 1.29 is 23.9 Å². The van der Waals surface area contributed by atoms with Crippen molar-refractivity contribution in [3.8, 4) is 17.2 Å². The number of aryl methyl sites for hydroxylation is 1. The SMILES string of the molecule is CCOc1cc(C=NNC(=O)COc2ccc(C)cc2[N+](=O)[O-])ccc1OCc1ccccc1. The Bertz CT molecular complexity index is 1160. The lowest BCUT2D eigenvalue weighted by molar-refractivity contribution is -0.385. The molecule has 0 bridgehead atoms. The summed E-state index contributed by atoms with van der Waals surface area (Å²) in [7, 11) is 0. The molecular weight excluding hydrogens is 438 g/mol. The third-order valence-corrected chi connectivity index (χ3v) is 4.58. The topological polar surface area (TPSA) is 112 Å². The first kappa shape index (κ1) is 24.2. The summed E-state index contributed by atoms with van der Waals surface area (Å²) in [5.74, 6) is 0.616. The van der Waals surface area contributed by atoms with Crippen molar-refractivity contribution in [2.24, 2.45) is 5.10 Å². The number of carbonyl (C=O) groups is 1. The molecule has 3 aromatic carbocycles. The van der Waals surface area contributed by atoms with Crippen molar-refractivity contribution in [3.05, 3.63) is 93.5 Å². The van der Waals surface area contributed by atoms with Crippen molar-refractivity contribution in [2.75, 3.05) is 13.2 Å². The minimum atomic E-state index is -0.557. The van der Waals surface area contributed by atoms with Gasteiger partial charge in [0.1, 0.15) is 6.61 Å². The first-order valence-corrected chi connectivity index (χ1v) is 10.6. The van der Waals surface area contributed by atoms with E-state index in [-0.39, 0.29) is 11.4 Å². The van der Waals surface area contributed by atoms with Crippen molar-refractivity contribution in [2.45, 2.75) is 20.5 Å². The number of nitrogens with zero attached hydrogens (tertiary/aromatic N) is 2. The van der Waals surface area contributed by atoms with Gasteiger partial charge in [-0.1, -0.05) is 36.4 Å². The maximum absolute atomic E-state index is 12.0. The molecule has 0 spiro atoms. The molecule has 0 unspecified atom stereocenters. The summed E-state index contributed by atoms with van der Waals surface area (Å²) in [5.41, 5.74) is 4.58. The van der Waals surface area contributed by atoms with Crippen molar-refractivity contribution >= 4 is 17.8 Å². The number of hydrogen-bond acceptors (Lipinski definition) is 7. The largest absolute Gasteiger partial charge is 0.490 e. The van der Waals surface area contributed by atoms with Crippen LogP contribution in [0.3, 0.4) is 0 Å². The van der Waals surface area contributed by atoms with E-state index in [1.54, 1.807) is 31.2 Å². The second kappa shape index (κ2) is 12.0. The van der Waals surface area contributed by atoms with Gasteiger partial charge in [-0.2, -0.15) is 5.10 Å². The van der Waals surface area contributed by atoms with E-state index in [1.807, 2.05) is 37.3 Å². The van der Waals surface area contributed by atoms with Crippen LogP contribution in [0.5, 0.6) is 17.2 Å². The Balaban J connectivity index is 1.57. The van der Waals surface area contributed by atoms with Crippen LogP contribution in [0.15, 0.2) is 71.8 Å². The van der Waals surface area contributed by atoms with E-state index >= 15 is 0 Å². The number of ether oxygens (including phenoxy) is 3. The predicted octanol–water partition coefficient (Wildman–Crippen LogP) is 4.41. The predicted molar refractivity (Wildman–Crippen MR) is 127 cm³/mol. The average Bonchev–Trinajstić information content (AvgIpc) is 2.83. The van der Waals surface area contributed by atoms with Gasteiger partial charge in [-0.05, 0) is 54.8 Å². The molecule has 0 atom stereocenters. The Morgan fingerprint density at radius 1 is 1.00 bits per heavy atom. The smallest absolute Gasteiger partial charge is 0.311 e. The lowest BCUT2D eigenvalue weighted by atomic mass is 10.2. The molecule has 0 radical (unpaired) electrons. The number of nitro benzene ring substituents is 1. The molecular formula is C25H25N3O6. The molecule has 3 rings (SSSR count). The maximum atomic E-state index is 12.0. The second-order valence-electron chi connectivity index (χ2n) is 7.22. The highest BCUT2D eigenvalue weighted by Gasteiger charge is 2.16. The van der Waals surface area contributed by atoms with Crippen LogP contribution in [0.25, 0.3) is 0 Å². The molecule has 0 aliphatic carbocycles. The molecule has 176 valence electrons. The number of rotatable bonds is 11. The fourth-order valence-electron chi connectivity index (χ4n) is 2.97. The first-order valence-electron chi connectivity index (χ1n) is 10.6. The third-order valence-electron chi connectivity index (χ3n) is 4.58. The normalized spacial score (nSPS) is 10.6. The molecule has 1 N–H and O–H groups in total. The maximum Gasteiger partial charge on any atom is 0.311 e. The van der Waals surface area contributed by atoms with Gasteiger partial charge in [-0.25, -0.2) is 5.43 Å².